The van der Waals surface area contributed by atoms with E-state index in [0.29, 0.717) is 5.88 Å². The predicted molar refractivity (Wildman–Crippen MR) is 84.1 cm³/mol. The largest absolute Gasteiger partial charge is 0.325 e. The molecule has 21 heavy (non-hydrogen) atoms. The van der Waals surface area contributed by atoms with E-state index in [4.69, 9.17) is 11.6 Å². The monoisotopic (exact) mass is 309 g/mol. The molecular formula is C16H21ClFN3. The summed E-state index contributed by atoms with van der Waals surface area (Å²) in [6, 6.07) is 4.75. The molecule has 114 valence electrons. The Hall–Kier alpha value is -1.13. The van der Waals surface area contributed by atoms with Gasteiger partial charge in [-0.3, -0.25) is 0 Å². The minimum atomic E-state index is -0.227. The van der Waals surface area contributed by atoms with Crippen LogP contribution in [-0.4, -0.2) is 34.1 Å². The van der Waals surface area contributed by atoms with Crippen LogP contribution in [0, 0.1) is 5.82 Å². The van der Waals surface area contributed by atoms with Crippen molar-refractivity contribution >= 4 is 22.6 Å². The number of fused-ring (bicyclic) bond motifs is 1. The van der Waals surface area contributed by atoms with E-state index in [9.17, 15) is 4.39 Å². The number of rotatable bonds is 4. The first kappa shape index (κ1) is 14.8. The van der Waals surface area contributed by atoms with E-state index in [0.717, 1.165) is 36.2 Å². The Balaban J connectivity index is 2.08. The average Bonchev–Trinajstić information content (AvgIpc) is 3.05. The van der Waals surface area contributed by atoms with Crippen LogP contribution in [-0.2, 0) is 12.4 Å². The molecule has 1 saturated carbocycles. The summed E-state index contributed by atoms with van der Waals surface area (Å²) in [6.45, 7) is 0.821. The summed E-state index contributed by atoms with van der Waals surface area (Å²) < 4.78 is 15.7. The van der Waals surface area contributed by atoms with E-state index in [2.05, 4.69) is 28.5 Å². The molecule has 5 heteroatoms. The molecule has 0 N–H and O–H groups in total. The van der Waals surface area contributed by atoms with Crippen molar-refractivity contribution in [1.82, 2.24) is 14.5 Å². The standard InChI is InChI=1S/C16H21ClFN3/c1-20(2)16(7-3-4-8-16)11-21-14-9-12(18)5-6-13(14)19-15(21)10-17/h5-6,9H,3-4,7-8,10-11H2,1-2H3. The average molecular weight is 310 g/mol. The van der Waals surface area contributed by atoms with E-state index in [-0.39, 0.29) is 11.4 Å². The van der Waals surface area contributed by atoms with Gasteiger partial charge in [-0.15, -0.1) is 11.6 Å². The van der Waals surface area contributed by atoms with Crippen molar-refractivity contribution in [1.29, 1.82) is 0 Å². The number of hydrogen-bond acceptors (Lipinski definition) is 2. The molecule has 1 aliphatic carbocycles. The SMILES string of the molecule is CN(C)C1(Cn2c(CCl)nc3ccc(F)cc32)CCCC1. The molecule has 3 nitrogen and oxygen atoms in total. The second kappa shape index (κ2) is 5.58. The zero-order valence-corrected chi connectivity index (χ0v) is 13.3. The predicted octanol–water partition coefficient (Wildman–Crippen LogP) is 3.79. The lowest BCUT2D eigenvalue weighted by Crippen LogP contribution is -2.45. The fourth-order valence-electron chi connectivity index (χ4n) is 3.50. The van der Waals surface area contributed by atoms with Gasteiger partial charge in [0.15, 0.2) is 0 Å². The summed E-state index contributed by atoms with van der Waals surface area (Å²) in [4.78, 5) is 6.86. The zero-order valence-electron chi connectivity index (χ0n) is 12.6. The Morgan fingerprint density at radius 3 is 2.67 bits per heavy atom. The van der Waals surface area contributed by atoms with Gasteiger partial charge >= 0.3 is 0 Å². The van der Waals surface area contributed by atoms with Crippen LogP contribution >= 0.6 is 11.6 Å². The molecule has 2 aromatic rings. The quantitative estimate of drug-likeness (QED) is 0.801. The molecular weight excluding hydrogens is 289 g/mol. The Kier molecular flexibility index (Phi) is 3.93. The molecule has 1 aliphatic rings. The topological polar surface area (TPSA) is 21.1 Å². The van der Waals surface area contributed by atoms with Crippen molar-refractivity contribution in [3.8, 4) is 0 Å². The second-order valence-electron chi connectivity index (χ2n) is 6.21. The van der Waals surface area contributed by atoms with Gasteiger partial charge in [0.05, 0.1) is 16.9 Å². The Labute approximate surface area is 129 Å². The third-order valence-corrected chi connectivity index (χ3v) is 5.08. The highest BCUT2D eigenvalue weighted by atomic mass is 35.5. The van der Waals surface area contributed by atoms with Crippen molar-refractivity contribution in [2.45, 2.75) is 43.6 Å². The molecule has 0 bridgehead atoms. The number of benzene rings is 1. The van der Waals surface area contributed by atoms with Gasteiger partial charge in [0, 0.05) is 12.1 Å². The highest BCUT2D eigenvalue weighted by molar-refractivity contribution is 6.16. The van der Waals surface area contributed by atoms with Crippen molar-refractivity contribution in [3.05, 3.63) is 29.8 Å². The van der Waals surface area contributed by atoms with Gasteiger partial charge in [-0.25, -0.2) is 9.37 Å². The lowest BCUT2D eigenvalue weighted by atomic mass is 9.95. The van der Waals surface area contributed by atoms with E-state index < -0.39 is 0 Å². The highest BCUT2D eigenvalue weighted by Gasteiger charge is 2.37. The molecule has 0 aliphatic heterocycles. The van der Waals surface area contributed by atoms with Gasteiger partial charge in [-0.2, -0.15) is 0 Å². The van der Waals surface area contributed by atoms with Crippen LogP contribution in [0.15, 0.2) is 18.2 Å². The van der Waals surface area contributed by atoms with Gasteiger partial charge in [-0.1, -0.05) is 12.8 Å². The third-order valence-electron chi connectivity index (χ3n) is 4.84. The van der Waals surface area contributed by atoms with E-state index in [1.165, 1.54) is 18.9 Å². The molecule has 0 spiro atoms. The van der Waals surface area contributed by atoms with Gasteiger partial charge in [0.2, 0.25) is 0 Å². The molecule has 0 amide bonds. The van der Waals surface area contributed by atoms with Gasteiger partial charge < -0.3 is 9.47 Å². The first-order valence-corrected chi connectivity index (χ1v) is 7.97. The maximum atomic E-state index is 13.6. The molecule has 1 heterocycles. The van der Waals surface area contributed by atoms with Crippen LogP contribution in [0.4, 0.5) is 4.39 Å². The first-order valence-electron chi connectivity index (χ1n) is 7.44. The molecule has 1 aromatic heterocycles. The Morgan fingerprint density at radius 1 is 1.33 bits per heavy atom. The number of hydrogen-bond donors (Lipinski definition) is 0. The third kappa shape index (κ3) is 2.55. The molecule has 1 aromatic carbocycles. The zero-order chi connectivity index (χ0) is 15.0. The van der Waals surface area contributed by atoms with Crippen molar-refractivity contribution < 1.29 is 4.39 Å². The Bertz CT molecular complexity index is 644. The lowest BCUT2D eigenvalue weighted by molar-refractivity contribution is 0.134. The van der Waals surface area contributed by atoms with Crippen LogP contribution in [0.5, 0.6) is 0 Å². The van der Waals surface area contributed by atoms with Gasteiger partial charge in [0.1, 0.15) is 11.6 Å². The molecule has 0 atom stereocenters. The highest BCUT2D eigenvalue weighted by Crippen LogP contribution is 2.36. The fraction of sp³-hybridized carbons (Fsp3) is 0.562. The van der Waals surface area contributed by atoms with Crippen molar-refractivity contribution in [2.24, 2.45) is 0 Å². The lowest BCUT2D eigenvalue weighted by Gasteiger charge is -2.37. The number of nitrogens with zero attached hydrogens (tertiary/aromatic N) is 3. The van der Waals surface area contributed by atoms with E-state index in [1.807, 2.05) is 0 Å². The van der Waals surface area contributed by atoms with Crippen LogP contribution in [0.3, 0.4) is 0 Å². The smallest absolute Gasteiger partial charge is 0.125 e. The minimum absolute atomic E-state index is 0.126. The summed E-state index contributed by atoms with van der Waals surface area (Å²) in [7, 11) is 4.26. The minimum Gasteiger partial charge on any atom is -0.325 e. The molecule has 0 saturated heterocycles. The second-order valence-corrected chi connectivity index (χ2v) is 6.47. The number of halogens is 2. The number of alkyl halides is 1. The number of likely N-dealkylation sites (N-methyl/N-ethyl adjacent to an activating group) is 1. The number of aromatic nitrogens is 2. The first-order chi connectivity index (χ1) is 10.1. The van der Waals surface area contributed by atoms with Crippen LogP contribution in [0.25, 0.3) is 11.0 Å². The van der Waals surface area contributed by atoms with Crippen molar-refractivity contribution in [2.75, 3.05) is 14.1 Å². The fourth-order valence-corrected chi connectivity index (χ4v) is 3.70. The molecule has 0 radical (unpaired) electrons. The maximum absolute atomic E-state index is 13.6. The van der Waals surface area contributed by atoms with E-state index >= 15 is 0 Å². The summed E-state index contributed by atoms with van der Waals surface area (Å²) in [5, 5.41) is 0. The van der Waals surface area contributed by atoms with Gasteiger partial charge in [-0.05, 0) is 45.1 Å². The van der Waals surface area contributed by atoms with Crippen LogP contribution in [0.2, 0.25) is 0 Å². The van der Waals surface area contributed by atoms with Gasteiger partial charge in [0.25, 0.3) is 0 Å². The van der Waals surface area contributed by atoms with Crippen molar-refractivity contribution in [3.63, 3.8) is 0 Å². The van der Waals surface area contributed by atoms with Crippen LogP contribution < -0.4 is 0 Å². The summed E-state index contributed by atoms with van der Waals surface area (Å²) >= 11 is 6.06. The molecule has 1 fully saturated rings. The van der Waals surface area contributed by atoms with E-state index in [1.54, 1.807) is 12.1 Å². The normalized spacial score (nSPS) is 18.0. The molecule has 0 unspecified atom stereocenters. The molecule has 3 rings (SSSR count). The summed E-state index contributed by atoms with van der Waals surface area (Å²) in [6.07, 6.45) is 4.82. The van der Waals surface area contributed by atoms with Crippen LogP contribution in [0.1, 0.15) is 31.5 Å². The summed E-state index contributed by atoms with van der Waals surface area (Å²) in [5.74, 6) is 0.945. The Morgan fingerprint density at radius 2 is 2.05 bits per heavy atom. The maximum Gasteiger partial charge on any atom is 0.125 e. The number of imidazole rings is 1. The summed E-state index contributed by atoms with van der Waals surface area (Å²) in [5.41, 5.74) is 1.79.